The third kappa shape index (κ3) is 5.40. The highest BCUT2D eigenvalue weighted by Crippen LogP contribution is 2.26. The summed E-state index contributed by atoms with van der Waals surface area (Å²) in [5.74, 6) is -0.705. The first-order valence-corrected chi connectivity index (χ1v) is 7.31. The van der Waals surface area contributed by atoms with E-state index in [1.54, 1.807) is 6.07 Å². The summed E-state index contributed by atoms with van der Waals surface area (Å²) in [6, 6.07) is 4.97. The number of carbonyl (C=O) groups is 1. The summed E-state index contributed by atoms with van der Waals surface area (Å²) >= 11 is 0. The second-order valence-electron chi connectivity index (χ2n) is 5.35. The van der Waals surface area contributed by atoms with Crippen LogP contribution in [-0.2, 0) is 16.1 Å². The molecule has 1 aliphatic rings. The molecule has 0 aliphatic carbocycles. The van der Waals surface area contributed by atoms with Gasteiger partial charge in [-0.3, -0.25) is 4.79 Å². The Hall–Kier alpha value is -1.80. The molecule has 1 aliphatic heterocycles. The van der Waals surface area contributed by atoms with Crippen molar-refractivity contribution in [1.82, 2.24) is 5.32 Å². The number of ether oxygens (including phenoxy) is 2. The Labute approximate surface area is 131 Å². The van der Waals surface area contributed by atoms with Crippen LogP contribution in [0.3, 0.4) is 0 Å². The topological polar surface area (TPSA) is 73.6 Å². The van der Waals surface area contributed by atoms with E-state index in [0.29, 0.717) is 26.1 Å². The smallest absolute Gasteiger partial charge is 0.405 e. The minimum atomic E-state index is -4.78. The molecule has 1 unspecified atom stereocenters. The largest absolute Gasteiger partial charge is 0.573 e. The Morgan fingerprint density at radius 3 is 2.65 bits per heavy atom. The Balaban J connectivity index is 1.93. The fraction of sp³-hybridized carbons (Fsp3) is 0.533. The van der Waals surface area contributed by atoms with Gasteiger partial charge in [0.25, 0.3) is 0 Å². The number of para-hydroxylation sites is 1. The van der Waals surface area contributed by atoms with Gasteiger partial charge in [-0.05, 0) is 24.8 Å². The van der Waals surface area contributed by atoms with Crippen LogP contribution in [0.5, 0.6) is 5.75 Å². The Morgan fingerprint density at radius 2 is 2.00 bits per heavy atom. The number of hydrogen-bond acceptors (Lipinski definition) is 4. The van der Waals surface area contributed by atoms with E-state index in [9.17, 15) is 18.0 Å². The van der Waals surface area contributed by atoms with Gasteiger partial charge in [0, 0.05) is 25.3 Å². The van der Waals surface area contributed by atoms with E-state index in [2.05, 4.69) is 10.1 Å². The number of nitrogens with one attached hydrogen (secondary N) is 1. The van der Waals surface area contributed by atoms with Crippen molar-refractivity contribution in [2.24, 2.45) is 11.7 Å². The summed E-state index contributed by atoms with van der Waals surface area (Å²) in [4.78, 5) is 12.1. The van der Waals surface area contributed by atoms with Crippen LogP contribution in [0.25, 0.3) is 0 Å². The molecule has 8 heteroatoms. The molecule has 23 heavy (non-hydrogen) atoms. The number of halogens is 3. The van der Waals surface area contributed by atoms with Crippen LogP contribution in [0.4, 0.5) is 13.2 Å². The number of benzene rings is 1. The van der Waals surface area contributed by atoms with Gasteiger partial charge in [0.05, 0.1) is 6.04 Å². The summed E-state index contributed by atoms with van der Waals surface area (Å²) in [6.07, 6.45) is -3.39. The summed E-state index contributed by atoms with van der Waals surface area (Å²) in [6.45, 7) is 1.05. The minimum absolute atomic E-state index is 0.0189. The van der Waals surface area contributed by atoms with Gasteiger partial charge >= 0.3 is 6.36 Å². The molecule has 2 rings (SSSR count). The predicted octanol–water partition coefficient (Wildman–Crippen LogP) is 1.96. The van der Waals surface area contributed by atoms with Gasteiger partial charge in [-0.1, -0.05) is 18.2 Å². The fourth-order valence-electron chi connectivity index (χ4n) is 2.46. The summed E-state index contributed by atoms with van der Waals surface area (Å²) in [5.41, 5.74) is 6.15. The van der Waals surface area contributed by atoms with Gasteiger partial charge in [-0.25, -0.2) is 0 Å². The monoisotopic (exact) mass is 332 g/mol. The number of carbonyl (C=O) groups excluding carboxylic acids is 1. The standard InChI is InChI=1S/C15H19F3N2O3/c16-15(17,18)23-12-4-2-1-3-11(12)9-20-14(21)13(19)10-5-7-22-8-6-10/h1-4,10,13H,5-9,19H2,(H,20,21). The molecule has 0 saturated carbocycles. The first-order valence-electron chi connectivity index (χ1n) is 7.31. The van der Waals surface area contributed by atoms with Gasteiger partial charge in [0.2, 0.25) is 5.91 Å². The summed E-state index contributed by atoms with van der Waals surface area (Å²) in [5, 5.41) is 2.57. The van der Waals surface area contributed by atoms with E-state index in [1.165, 1.54) is 18.2 Å². The van der Waals surface area contributed by atoms with Crippen LogP contribution in [0.15, 0.2) is 24.3 Å². The lowest BCUT2D eigenvalue weighted by atomic mass is 9.92. The van der Waals surface area contributed by atoms with Crippen molar-refractivity contribution in [3.05, 3.63) is 29.8 Å². The Kier molecular flexibility index (Phi) is 5.84. The number of alkyl halides is 3. The molecule has 1 aromatic rings. The number of hydrogen-bond donors (Lipinski definition) is 2. The molecule has 0 aromatic heterocycles. The molecular weight excluding hydrogens is 313 g/mol. The fourth-order valence-corrected chi connectivity index (χ4v) is 2.46. The Morgan fingerprint density at radius 1 is 1.35 bits per heavy atom. The second-order valence-corrected chi connectivity index (χ2v) is 5.35. The molecule has 0 spiro atoms. The first kappa shape index (κ1) is 17.6. The lowest BCUT2D eigenvalue weighted by Gasteiger charge is -2.26. The maximum absolute atomic E-state index is 12.3. The lowest BCUT2D eigenvalue weighted by Crippen LogP contribution is -2.46. The van der Waals surface area contributed by atoms with Crippen LogP contribution in [0.2, 0.25) is 0 Å². The average Bonchev–Trinajstić information content (AvgIpc) is 2.52. The third-order valence-electron chi connectivity index (χ3n) is 3.73. The molecule has 3 N–H and O–H groups in total. The second kappa shape index (κ2) is 7.65. The van der Waals surface area contributed by atoms with Crippen molar-refractivity contribution in [3.63, 3.8) is 0 Å². The van der Waals surface area contributed by atoms with Gasteiger partial charge < -0.3 is 20.5 Å². The minimum Gasteiger partial charge on any atom is -0.405 e. The van der Waals surface area contributed by atoms with Crippen molar-refractivity contribution >= 4 is 5.91 Å². The van der Waals surface area contributed by atoms with Crippen molar-refractivity contribution in [1.29, 1.82) is 0 Å². The molecular formula is C15H19F3N2O3. The molecule has 1 fully saturated rings. The van der Waals surface area contributed by atoms with Gasteiger partial charge in [0.1, 0.15) is 5.75 Å². The van der Waals surface area contributed by atoms with Crippen molar-refractivity contribution in [3.8, 4) is 5.75 Å². The van der Waals surface area contributed by atoms with E-state index in [4.69, 9.17) is 10.5 Å². The molecule has 128 valence electrons. The van der Waals surface area contributed by atoms with Crippen LogP contribution in [0, 0.1) is 5.92 Å². The van der Waals surface area contributed by atoms with Crippen LogP contribution in [0.1, 0.15) is 18.4 Å². The summed E-state index contributed by atoms with van der Waals surface area (Å²) in [7, 11) is 0. The van der Waals surface area contributed by atoms with Crippen LogP contribution >= 0.6 is 0 Å². The molecule has 1 amide bonds. The zero-order valence-electron chi connectivity index (χ0n) is 12.4. The van der Waals surface area contributed by atoms with Gasteiger partial charge in [-0.15, -0.1) is 13.2 Å². The molecule has 1 heterocycles. The first-order chi connectivity index (χ1) is 10.9. The number of nitrogens with two attached hydrogens (primary N) is 1. The number of amides is 1. The van der Waals surface area contributed by atoms with E-state index < -0.39 is 18.3 Å². The SMILES string of the molecule is NC(C(=O)NCc1ccccc1OC(F)(F)F)C1CCOCC1. The van der Waals surface area contributed by atoms with E-state index in [0.717, 1.165) is 0 Å². The maximum Gasteiger partial charge on any atom is 0.573 e. The maximum atomic E-state index is 12.3. The third-order valence-corrected chi connectivity index (χ3v) is 3.73. The van der Waals surface area contributed by atoms with Crippen molar-refractivity contribution in [2.45, 2.75) is 31.8 Å². The normalized spacial score (nSPS) is 17.6. The van der Waals surface area contributed by atoms with Crippen LogP contribution in [-0.4, -0.2) is 31.5 Å². The molecule has 0 radical (unpaired) electrons. The van der Waals surface area contributed by atoms with E-state index in [-0.39, 0.29) is 23.8 Å². The zero-order valence-corrected chi connectivity index (χ0v) is 12.4. The predicted molar refractivity (Wildman–Crippen MR) is 76.5 cm³/mol. The molecule has 1 atom stereocenters. The average molecular weight is 332 g/mol. The summed E-state index contributed by atoms with van der Waals surface area (Å²) < 4.78 is 46.2. The van der Waals surface area contributed by atoms with Gasteiger partial charge in [0.15, 0.2) is 0 Å². The van der Waals surface area contributed by atoms with E-state index in [1.807, 2.05) is 0 Å². The van der Waals surface area contributed by atoms with Crippen molar-refractivity contribution < 1.29 is 27.4 Å². The highest BCUT2D eigenvalue weighted by molar-refractivity contribution is 5.81. The van der Waals surface area contributed by atoms with Crippen molar-refractivity contribution in [2.75, 3.05) is 13.2 Å². The molecule has 5 nitrogen and oxygen atoms in total. The van der Waals surface area contributed by atoms with Crippen LogP contribution < -0.4 is 15.8 Å². The highest BCUT2D eigenvalue weighted by atomic mass is 19.4. The lowest BCUT2D eigenvalue weighted by molar-refractivity contribution is -0.274. The quantitative estimate of drug-likeness (QED) is 0.864. The number of rotatable bonds is 5. The Bertz CT molecular complexity index is 531. The highest BCUT2D eigenvalue weighted by Gasteiger charge is 2.32. The molecule has 1 aromatic carbocycles. The van der Waals surface area contributed by atoms with E-state index >= 15 is 0 Å². The van der Waals surface area contributed by atoms with Gasteiger partial charge in [-0.2, -0.15) is 0 Å². The zero-order chi connectivity index (χ0) is 16.9. The molecule has 0 bridgehead atoms. The molecule has 1 saturated heterocycles.